The molecule has 0 spiro atoms. The fourth-order valence-corrected chi connectivity index (χ4v) is 2.73. The van der Waals surface area contributed by atoms with Crippen molar-refractivity contribution in [3.8, 4) is 6.07 Å². The number of nitriles is 1. The molecule has 0 radical (unpaired) electrons. The summed E-state index contributed by atoms with van der Waals surface area (Å²) < 4.78 is 15.0. The standard InChI is InChI=1S/C15H22N2OS/c1-3-4-5-6-7-14(12-16)17-19(18)15-10-8-13(2)9-11-15/h8-11,14,17H,3-7H2,1-2H3/t14-,19?/m0/s1. The molecule has 0 aliphatic heterocycles. The van der Waals surface area contributed by atoms with Crippen molar-refractivity contribution in [2.24, 2.45) is 0 Å². The van der Waals surface area contributed by atoms with Gasteiger partial charge >= 0.3 is 0 Å². The fourth-order valence-electron chi connectivity index (χ4n) is 1.78. The molecule has 1 aromatic carbocycles. The third-order valence-corrected chi connectivity index (χ3v) is 4.19. The van der Waals surface area contributed by atoms with Gasteiger partial charge in [0.05, 0.1) is 11.0 Å². The van der Waals surface area contributed by atoms with Crippen molar-refractivity contribution >= 4 is 11.0 Å². The van der Waals surface area contributed by atoms with Crippen LogP contribution in [0.25, 0.3) is 0 Å². The molecule has 0 heterocycles. The molecule has 19 heavy (non-hydrogen) atoms. The second-order valence-electron chi connectivity index (χ2n) is 4.73. The summed E-state index contributed by atoms with van der Waals surface area (Å²) in [5.74, 6) is 0. The predicted molar refractivity (Wildman–Crippen MR) is 78.9 cm³/mol. The zero-order valence-electron chi connectivity index (χ0n) is 11.7. The number of aryl methyl sites for hydroxylation is 1. The van der Waals surface area contributed by atoms with E-state index in [1.54, 1.807) is 0 Å². The van der Waals surface area contributed by atoms with Crippen LogP contribution in [0.3, 0.4) is 0 Å². The van der Waals surface area contributed by atoms with Crippen LogP contribution in [0, 0.1) is 18.3 Å². The number of hydrogen-bond acceptors (Lipinski definition) is 2. The van der Waals surface area contributed by atoms with Crippen molar-refractivity contribution in [2.75, 3.05) is 0 Å². The minimum absolute atomic E-state index is 0.334. The lowest BCUT2D eigenvalue weighted by atomic mass is 10.1. The molecule has 0 bridgehead atoms. The molecule has 3 nitrogen and oxygen atoms in total. The molecule has 0 aromatic heterocycles. The summed E-state index contributed by atoms with van der Waals surface area (Å²) in [7, 11) is -1.30. The summed E-state index contributed by atoms with van der Waals surface area (Å²) in [6.45, 7) is 4.15. The van der Waals surface area contributed by atoms with Gasteiger partial charge in [0.25, 0.3) is 0 Å². The van der Waals surface area contributed by atoms with Gasteiger partial charge in [-0.05, 0) is 25.5 Å². The van der Waals surface area contributed by atoms with Gasteiger partial charge in [0.2, 0.25) is 0 Å². The van der Waals surface area contributed by atoms with Crippen molar-refractivity contribution in [3.05, 3.63) is 29.8 Å². The Morgan fingerprint density at radius 1 is 1.26 bits per heavy atom. The molecular weight excluding hydrogens is 256 g/mol. The van der Waals surface area contributed by atoms with Gasteiger partial charge in [0.15, 0.2) is 0 Å². The molecule has 1 aromatic rings. The molecule has 2 atom stereocenters. The Morgan fingerprint density at radius 3 is 2.53 bits per heavy atom. The first kappa shape index (κ1) is 15.9. The lowest BCUT2D eigenvalue weighted by Crippen LogP contribution is -2.29. The average molecular weight is 278 g/mol. The maximum atomic E-state index is 12.1. The number of nitrogens with one attached hydrogen (secondary N) is 1. The number of hydrogen-bond donors (Lipinski definition) is 1. The number of nitrogens with zero attached hydrogens (tertiary/aromatic N) is 1. The minimum atomic E-state index is -1.30. The van der Waals surface area contributed by atoms with Gasteiger partial charge < -0.3 is 0 Å². The van der Waals surface area contributed by atoms with E-state index in [4.69, 9.17) is 5.26 Å². The van der Waals surface area contributed by atoms with Gasteiger partial charge in [-0.2, -0.15) is 5.26 Å². The highest BCUT2D eigenvalue weighted by molar-refractivity contribution is 7.83. The number of rotatable bonds is 8. The Bertz CT molecular complexity index is 436. The van der Waals surface area contributed by atoms with E-state index in [1.165, 1.54) is 12.8 Å². The molecule has 0 saturated carbocycles. The van der Waals surface area contributed by atoms with Gasteiger partial charge in [-0.3, -0.25) is 0 Å². The van der Waals surface area contributed by atoms with Crippen molar-refractivity contribution in [1.29, 1.82) is 5.26 Å². The summed E-state index contributed by atoms with van der Waals surface area (Å²) in [6, 6.07) is 9.38. The highest BCUT2D eigenvalue weighted by Gasteiger charge is 2.11. The quantitative estimate of drug-likeness (QED) is 0.740. The Morgan fingerprint density at radius 2 is 1.95 bits per heavy atom. The second-order valence-corrected chi connectivity index (χ2v) is 5.98. The predicted octanol–water partition coefficient (Wildman–Crippen LogP) is 3.47. The van der Waals surface area contributed by atoms with Crippen LogP contribution >= 0.6 is 0 Å². The minimum Gasteiger partial charge on any atom is -0.237 e. The summed E-state index contributed by atoms with van der Waals surface area (Å²) in [5.41, 5.74) is 1.14. The smallest absolute Gasteiger partial charge is 0.126 e. The zero-order valence-corrected chi connectivity index (χ0v) is 12.5. The highest BCUT2D eigenvalue weighted by Crippen LogP contribution is 2.10. The molecule has 0 fully saturated rings. The molecule has 0 aliphatic carbocycles. The summed E-state index contributed by atoms with van der Waals surface area (Å²) in [5, 5.41) is 9.08. The van der Waals surface area contributed by atoms with Crippen LogP contribution < -0.4 is 4.72 Å². The van der Waals surface area contributed by atoms with Crippen LogP contribution in [0.15, 0.2) is 29.2 Å². The van der Waals surface area contributed by atoms with E-state index in [0.717, 1.165) is 29.7 Å². The van der Waals surface area contributed by atoms with Gasteiger partial charge in [0.1, 0.15) is 17.0 Å². The summed E-state index contributed by atoms with van der Waals surface area (Å²) >= 11 is 0. The largest absolute Gasteiger partial charge is 0.237 e. The van der Waals surface area contributed by atoms with E-state index in [-0.39, 0.29) is 6.04 Å². The lowest BCUT2D eigenvalue weighted by molar-refractivity contribution is 0.579. The Labute approximate surface area is 118 Å². The molecule has 0 aliphatic rings. The van der Waals surface area contributed by atoms with E-state index < -0.39 is 11.0 Å². The maximum Gasteiger partial charge on any atom is 0.126 e. The van der Waals surface area contributed by atoms with Crippen molar-refractivity contribution < 1.29 is 4.21 Å². The molecule has 1 N–H and O–H groups in total. The van der Waals surface area contributed by atoms with E-state index in [0.29, 0.717) is 0 Å². The lowest BCUT2D eigenvalue weighted by Gasteiger charge is -2.11. The highest BCUT2D eigenvalue weighted by atomic mass is 32.2. The Kier molecular flexibility index (Phi) is 7.39. The van der Waals surface area contributed by atoms with E-state index in [2.05, 4.69) is 17.7 Å². The third kappa shape index (κ3) is 6.00. The van der Waals surface area contributed by atoms with Gasteiger partial charge in [-0.15, -0.1) is 0 Å². The molecule has 0 saturated heterocycles. The Hall–Kier alpha value is -1.18. The van der Waals surface area contributed by atoms with Gasteiger partial charge in [-0.25, -0.2) is 8.93 Å². The van der Waals surface area contributed by atoms with E-state index in [9.17, 15) is 4.21 Å². The van der Waals surface area contributed by atoms with Crippen LogP contribution in [0.5, 0.6) is 0 Å². The first-order chi connectivity index (χ1) is 9.17. The van der Waals surface area contributed by atoms with Crippen molar-refractivity contribution in [3.63, 3.8) is 0 Å². The molecule has 4 heteroatoms. The van der Waals surface area contributed by atoms with Crippen LogP contribution in [-0.2, 0) is 11.0 Å². The fraction of sp³-hybridized carbons (Fsp3) is 0.533. The zero-order chi connectivity index (χ0) is 14.1. The molecule has 0 amide bonds. The molecular formula is C15H22N2OS. The normalized spacial score (nSPS) is 13.7. The maximum absolute atomic E-state index is 12.1. The molecule has 1 unspecified atom stereocenters. The molecule has 104 valence electrons. The topological polar surface area (TPSA) is 52.9 Å². The van der Waals surface area contributed by atoms with Crippen LogP contribution in [0.4, 0.5) is 0 Å². The van der Waals surface area contributed by atoms with Crippen LogP contribution in [0.1, 0.15) is 44.6 Å². The van der Waals surface area contributed by atoms with E-state index >= 15 is 0 Å². The summed E-state index contributed by atoms with van der Waals surface area (Å²) in [4.78, 5) is 0.722. The average Bonchev–Trinajstić information content (AvgIpc) is 2.42. The SMILES string of the molecule is CCCCCC[C@@H](C#N)NS(=O)c1ccc(C)cc1. The van der Waals surface area contributed by atoms with Crippen LogP contribution in [-0.4, -0.2) is 10.3 Å². The first-order valence-electron chi connectivity index (χ1n) is 6.81. The second kappa shape index (κ2) is 8.84. The Balaban J connectivity index is 2.45. The monoisotopic (exact) mass is 278 g/mol. The summed E-state index contributed by atoms with van der Waals surface area (Å²) in [6.07, 6.45) is 5.27. The third-order valence-electron chi connectivity index (χ3n) is 2.99. The van der Waals surface area contributed by atoms with Crippen molar-refractivity contribution in [2.45, 2.75) is 56.9 Å². The molecule has 1 rings (SSSR count). The van der Waals surface area contributed by atoms with Crippen molar-refractivity contribution in [1.82, 2.24) is 4.72 Å². The van der Waals surface area contributed by atoms with Crippen LogP contribution in [0.2, 0.25) is 0 Å². The van der Waals surface area contributed by atoms with E-state index in [1.807, 2.05) is 31.2 Å². The number of benzene rings is 1. The van der Waals surface area contributed by atoms with Gasteiger partial charge in [0, 0.05) is 0 Å². The number of unbranched alkanes of at least 4 members (excludes halogenated alkanes) is 3. The first-order valence-corrected chi connectivity index (χ1v) is 7.96. The van der Waals surface area contributed by atoms with Gasteiger partial charge in [-0.1, -0.05) is 50.3 Å².